The highest BCUT2D eigenvalue weighted by Gasteiger charge is 2.17. The predicted molar refractivity (Wildman–Crippen MR) is 66.2 cm³/mol. The molecular formula is C12H28N2O. The maximum atomic E-state index is 9.72. The summed E-state index contributed by atoms with van der Waals surface area (Å²) in [4.78, 5) is 2.26. The Morgan fingerprint density at radius 1 is 1.13 bits per heavy atom. The third kappa shape index (κ3) is 10.2. The molecular weight excluding hydrogens is 188 g/mol. The summed E-state index contributed by atoms with van der Waals surface area (Å²) in [5.41, 5.74) is -0.425. The molecule has 0 unspecified atom stereocenters. The standard InChI is InChI=1S/C12H28N2O/c1-7-14(10-12(5,6)15)9-8-13-11(2,3)4/h13,15H,7-10H2,1-6H3. The van der Waals surface area contributed by atoms with Gasteiger partial charge in [0, 0.05) is 25.2 Å². The normalized spacial score (nSPS) is 13.6. The third-order valence-corrected chi connectivity index (χ3v) is 2.14. The second-order valence-corrected chi connectivity index (χ2v) is 5.86. The van der Waals surface area contributed by atoms with Gasteiger partial charge >= 0.3 is 0 Å². The van der Waals surface area contributed by atoms with E-state index in [0.717, 1.165) is 26.2 Å². The van der Waals surface area contributed by atoms with E-state index >= 15 is 0 Å². The molecule has 0 aromatic carbocycles. The van der Waals surface area contributed by atoms with Gasteiger partial charge in [-0.15, -0.1) is 0 Å². The maximum Gasteiger partial charge on any atom is 0.0718 e. The largest absolute Gasteiger partial charge is 0.389 e. The molecule has 0 aromatic heterocycles. The molecule has 0 fully saturated rings. The van der Waals surface area contributed by atoms with Crippen LogP contribution in [-0.2, 0) is 0 Å². The molecule has 15 heavy (non-hydrogen) atoms. The highest BCUT2D eigenvalue weighted by atomic mass is 16.3. The number of likely N-dealkylation sites (N-methyl/N-ethyl adjacent to an activating group) is 1. The van der Waals surface area contributed by atoms with Gasteiger partial charge in [-0.1, -0.05) is 6.92 Å². The first kappa shape index (κ1) is 14.9. The lowest BCUT2D eigenvalue weighted by Gasteiger charge is -2.29. The Bertz CT molecular complexity index is 167. The summed E-state index contributed by atoms with van der Waals surface area (Å²) in [6.07, 6.45) is 0. The highest BCUT2D eigenvalue weighted by molar-refractivity contribution is 4.74. The monoisotopic (exact) mass is 216 g/mol. The van der Waals surface area contributed by atoms with Crippen molar-refractivity contribution in [3.05, 3.63) is 0 Å². The zero-order chi connectivity index (χ0) is 12.1. The van der Waals surface area contributed by atoms with Gasteiger partial charge in [-0.2, -0.15) is 0 Å². The molecule has 92 valence electrons. The number of aliphatic hydroxyl groups is 1. The van der Waals surface area contributed by atoms with Crippen molar-refractivity contribution in [1.82, 2.24) is 10.2 Å². The molecule has 0 aliphatic heterocycles. The number of hydrogen-bond donors (Lipinski definition) is 2. The van der Waals surface area contributed by atoms with Gasteiger partial charge in [0.15, 0.2) is 0 Å². The van der Waals surface area contributed by atoms with E-state index < -0.39 is 5.60 Å². The van der Waals surface area contributed by atoms with Gasteiger partial charge in [-0.3, -0.25) is 4.90 Å². The Morgan fingerprint density at radius 3 is 2.00 bits per heavy atom. The van der Waals surface area contributed by atoms with E-state index in [9.17, 15) is 5.11 Å². The fourth-order valence-corrected chi connectivity index (χ4v) is 1.49. The van der Waals surface area contributed by atoms with Crippen molar-refractivity contribution in [1.29, 1.82) is 0 Å². The zero-order valence-electron chi connectivity index (χ0n) is 11.2. The van der Waals surface area contributed by atoms with E-state index in [1.165, 1.54) is 0 Å². The summed E-state index contributed by atoms with van der Waals surface area (Å²) >= 11 is 0. The van der Waals surface area contributed by atoms with Crippen LogP contribution in [0, 0.1) is 0 Å². The molecule has 0 radical (unpaired) electrons. The predicted octanol–water partition coefficient (Wildman–Crippen LogP) is 1.47. The van der Waals surface area contributed by atoms with Gasteiger partial charge in [0.1, 0.15) is 0 Å². The minimum atomic E-state index is -0.599. The van der Waals surface area contributed by atoms with Crippen molar-refractivity contribution < 1.29 is 5.11 Å². The van der Waals surface area contributed by atoms with E-state index in [0.29, 0.717) is 0 Å². The van der Waals surface area contributed by atoms with Crippen molar-refractivity contribution in [2.45, 2.75) is 52.7 Å². The van der Waals surface area contributed by atoms with Crippen LogP contribution in [0.5, 0.6) is 0 Å². The van der Waals surface area contributed by atoms with Crippen molar-refractivity contribution in [3.8, 4) is 0 Å². The molecule has 0 rings (SSSR count). The smallest absolute Gasteiger partial charge is 0.0718 e. The van der Waals surface area contributed by atoms with Crippen molar-refractivity contribution in [2.24, 2.45) is 0 Å². The van der Waals surface area contributed by atoms with Crippen LogP contribution in [0.15, 0.2) is 0 Å². The third-order valence-electron chi connectivity index (χ3n) is 2.14. The molecule has 3 heteroatoms. The van der Waals surface area contributed by atoms with Crippen molar-refractivity contribution in [2.75, 3.05) is 26.2 Å². The lowest BCUT2D eigenvalue weighted by molar-refractivity contribution is 0.0378. The fraction of sp³-hybridized carbons (Fsp3) is 1.00. The maximum absolute atomic E-state index is 9.72. The molecule has 0 aromatic rings. The van der Waals surface area contributed by atoms with E-state index in [-0.39, 0.29) is 5.54 Å². The zero-order valence-corrected chi connectivity index (χ0v) is 11.2. The summed E-state index contributed by atoms with van der Waals surface area (Å²) in [7, 11) is 0. The van der Waals surface area contributed by atoms with E-state index in [2.05, 4.69) is 37.9 Å². The van der Waals surface area contributed by atoms with Crippen molar-refractivity contribution in [3.63, 3.8) is 0 Å². The lowest BCUT2D eigenvalue weighted by Crippen LogP contribution is -2.45. The minimum Gasteiger partial charge on any atom is -0.389 e. The lowest BCUT2D eigenvalue weighted by atomic mass is 10.1. The average molecular weight is 216 g/mol. The molecule has 0 heterocycles. The molecule has 0 spiro atoms. The van der Waals surface area contributed by atoms with Crippen LogP contribution >= 0.6 is 0 Å². The van der Waals surface area contributed by atoms with Crippen LogP contribution in [-0.4, -0.2) is 47.3 Å². The summed E-state index contributed by atoms with van der Waals surface area (Å²) in [5.74, 6) is 0. The van der Waals surface area contributed by atoms with Crippen LogP contribution in [0.3, 0.4) is 0 Å². The molecule has 0 saturated heterocycles. The second kappa shape index (κ2) is 5.83. The number of nitrogens with zero attached hydrogens (tertiary/aromatic N) is 1. The number of hydrogen-bond acceptors (Lipinski definition) is 3. The highest BCUT2D eigenvalue weighted by Crippen LogP contribution is 2.04. The molecule has 0 aliphatic rings. The molecule has 3 nitrogen and oxygen atoms in total. The number of rotatable bonds is 6. The Kier molecular flexibility index (Phi) is 5.78. The van der Waals surface area contributed by atoms with E-state index in [1.54, 1.807) is 0 Å². The molecule has 2 N–H and O–H groups in total. The van der Waals surface area contributed by atoms with E-state index in [1.807, 2.05) is 13.8 Å². The summed E-state index contributed by atoms with van der Waals surface area (Å²) < 4.78 is 0. The Hall–Kier alpha value is -0.120. The number of nitrogens with one attached hydrogen (secondary N) is 1. The Balaban J connectivity index is 3.82. The van der Waals surface area contributed by atoms with Crippen LogP contribution < -0.4 is 5.32 Å². The molecule has 0 bridgehead atoms. The van der Waals surface area contributed by atoms with Crippen LogP contribution in [0.25, 0.3) is 0 Å². The quantitative estimate of drug-likeness (QED) is 0.706. The molecule has 0 amide bonds. The Labute approximate surface area is 94.9 Å². The van der Waals surface area contributed by atoms with Crippen LogP contribution in [0.2, 0.25) is 0 Å². The fourth-order valence-electron chi connectivity index (χ4n) is 1.49. The molecule has 0 saturated carbocycles. The SMILES string of the molecule is CCN(CCNC(C)(C)C)CC(C)(C)O. The second-order valence-electron chi connectivity index (χ2n) is 5.86. The van der Waals surface area contributed by atoms with Gasteiger partial charge in [0.2, 0.25) is 0 Å². The van der Waals surface area contributed by atoms with Crippen LogP contribution in [0.4, 0.5) is 0 Å². The first-order valence-electron chi connectivity index (χ1n) is 5.84. The first-order chi connectivity index (χ1) is 6.64. The topological polar surface area (TPSA) is 35.5 Å². The van der Waals surface area contributed by atoms with Gasteiger partial charge < -0.3 is 10.4 Å². The Morgan fingerprint density at radius 2 is 1.67 bits per heavy atom. The molecule has 0 aliphatic carbocycles. The average Bonchev–Trinajstić information content (AvgIpc) is 1.97. The summed E-state index contributed by atoms with van der Waals surface area (Å²) in [6.45, 7) is 16.0. The van der Waals surface area contributed by atoms with Crippen molar-refractivity contribution >= 4 is 0 Å². The van der Waals surface area contributed by atoms with Gasteiger partial charge in [0.05, 0.1) is 5.60 Å². The summed E-state index contributed by atoms with van der Waals surface area (Å²) in [6, 6.07) is 0. The minimum absolute atomic E-state index is 0.175. The van der Waals surface area contributed by atoms with E-state index in [4.69, 9.17) is 0 Å². The first-order valence-corrected chi connectivity index (χ1v) is 5.84. The van der Waals surface area contributed by atoms with Crippen LogP contribution in [0.1, 0.15) is 41.5 Å². The summed E-state index contributed by atoms with van der Waals surface area (Å²) in [5, 5.41) is 13.2. The molecule has 0 atom stereocenters. The van der Waals surface area contributed by atoms with Gasteiger partial charge in [-0.25, -0.2) is 0 Å². The van der Waals surface area contributed by atoms with Gasteiger partial charge in [0.25, 0.3) is 0 Å². The van der Waals surface area contributed by atoms with Gasteiger partial charge in [-0.05, 0) is 41.2 Å².